The van der Waals surface area contributed by atoms with E-state index in [0.29, 0.717) is 17.9 Å². The molecular formula is C11H12F3N3O. The highest BCUT2D eigenvalue weighted by molar-refractivity contribution is 6.00. The molecule has 1 aliphatic heterocycles. The summed E-state index contributed by atoms with van der Waals surface area (Å²) in [5, 5.41) is 3.02. The monoisotopic (exact) mass is 259 g/mol. The number of amidine groups is 1. The van der Waals surface area contributed by atoms with Gasteiger partial charge in [-0.25, -0.2) is 4.98 Å². The third-order valence-corrected chi connectivity index (χ3v) is 2.30. The quantitative estimate of drug-likeness (QED) is 0.899. The fourth-order valence-corrected chi connectivity index (χ4v) is 1.55. The molecule has 0 spiro atoms. The van der Waals surface area contributed by atoms with Crippen molar-refractivity contribution in [1.29, 1.82) is 0 Å². The van der Waals surface area contributed by atoms with Crippen molar-refractivity contribution in [1.82, 2.24) is 10.3 Å². The third-order valence-electron chi connectivity index (χ3n) is 2.30. The maximum absolute atomic E-state index is 12.1. The highest BCUT2D eigenvalue weighted by atomic mass is 19.4. The molecule has 1 aromatic rings. The number of rotatable bonds is 3. The van der Waals surface area contributed by atoms with E-state index >= 15 is 0 Å². The molecule has 0 aromatic carbocycles. The lowest BCUT2D eigenvalue weighted by Crippen LogP contribution is -2.31. The van der Waals surface area contributed by atoms with E-state index in [9.17, 15) is 13.2 Å². The van der Waals surface area contributed by atoms with E-state index in [2.05, 4.69) is 15.3 Å². The summed E-state index contributed by atoms with van der Waals surface area (Å²) < 4.78 is 41.0. The van der Waals surface area contributed by atoms with Crippen LogP contribution >= 0.6 is 0 Å². The lowest BCUT2D eigenvalue weighted by atomic mass is 10.2. The minimum Gasteiger partial charge on any atom is -0.467 e. The van der Waals surface area contributed by atoms with E-state index in [4.69, 9.17) is 4.74 Å². The van der Waals surface area contributed by atoms with Gasteiger partial charge in [-0.3, -0.25) is 4.99 Å². The number of halogens is 3. The molecule has 98 valence electrons. The highest BCUT2D eigenvalue weighted by Gasteiger charge is 2.29. The SMILES string of the molecule is FC(F)(F)COc1ncccc1C1=NCCCN1. The molecule has 0 amide bonds. The molecule has 7 heteroatoms. The number of nitrogens with one attached hydrogen (secondary N) is 1. The minimum atomic E-state index is -4.38. The first-order valence-corrected chi connectivity index (χ1v) is 5.49. The predicted octanol–water partition coefficient (Wildman–Crippen LogP) is 1.76. The van der Waals surface area contributed by atoms with Crippen molar-refractivity contribution in [3.8, 4) is 5.88 Å². The number of alkyl halides is 3. The fraction of sp³-hybridized carbons (Fsp3) is 0.455. The van der Waals surface area contributed by atoms with Crippen LogP contribution < -0.4 is 10.1 Å². The molecule has 18 heavy (non-hydrogen) atoms. The number of hydrogen-bond donors (Lipinski definition) is 1. The van der Waals surface area contributed by atoms with Gasteiger partial charge in [0.25, 0.3) is 0 Å². The van der Waals surface area contributed by atoms with E-state index < -0.39 is 12.8 Å². The number of ether oxygens (including phenoxy) is 1. The van der Waals surface area contributed by atoms with Crippen LogP contribution in [0, 0.1) is 0 Å². The molecule has 2 heterocycles. The van der Waals surface area contributed by atoms with Gasteiger partial charge in [-0.1, -0.05) is 0 Å². The second-order valence-electron chi connectivity index (χ2n) is 3.77. The predicted molar refractivity (Wildman–Crippen MR) is 59.8 cm³/mol. The molecule has 0 saturated heterocycles. The van der Waals surface area contributed by atoms with Crippen LogP contribution in [0.15, 0.2) is 23.3 Å². The van der Waals surface area contributed by atoms with E-state index in [-0.39, 0.29) is 5.88 Å². The standard InChI is InChI=1S/C11H12F3N3O/c12-11(13,14)7-18-10-8(3-1-4-17-10)9-15-5-2-6-16-9/h1,3-4H,2,5-7H2,(H,15,16). The van der Waals surface area contributed by atoms with E-state index in [1.165, 1.54) is 6.20 Å². The zero-order valence-corrected chi connectivity index (χ0v) is 9.50. The van der Waals surface area contributed by atoms with Crippen molar-refractivity contribution in [2.75, 3.05) is 19.7 Å². The Kier molecular flexibility index (Phi) is 3.69. The van der Waals surface area contributed by atoms with Crippen LogP contribution in [-0.4, -0.2) is 36.7 Å². The maximum atomic E-state index is 12.1. The molecular weight excluding hydrogens is 247 g/mol. The molecule has 0 fully saturated rings. The molecule has 0 aliphatic carbocycles. The van der Waals surface area contributed by atoms with Crippen molar-refractivity contribution in [2.45, 2.75) is 12.6 Å². The van der Waals surface area contributed by atoms with Crippen LogP contribution in [0.5, 0.6) is 5.88 Å². The molecule has 0 bridgehead atoms. The second kappa shape index (κ2) is 5.24. The van der Waals surface area contributed by atoms with Crippen molar-refractivity contribution < 1.29 is 17.9 Å². The summed E-state index contributed by atoms with van der Waals surface area (Å²) in [6.45, 7) is 0.0344. The third kappa shape index (κ3) is 3.35. The summed E-state index contributed by atoms with van der Waals surface area (Å²) in [6.07, 6.45) is -2.09. The van der Waals surface area contributed by atoms with Gasteiger partial charge in [-0.15, -0.1) is 0 Å². The molecule has 0 unspecified atom stereocenters. The fourth-order valence-electron chi connectivity index (χ4n) is 1.55. The van der Waals surface area contributed by atoms with Crippen LogP contribution in [0.1, 0.15) is 12.0 Å². The number of hydrogen-bond acceptors (Lipinski definition) is 4. The second-order valence-corrected chi connectivity index (χ2v) is 3.77. The summed E-state index contributed by atoms with van der Waals surface area (Å²) in [5.41, 5.74) is 0.460. The van der Waals surface area contributed by atoms with Crippen molar-refractivity contribution in [3.63, 3.8) is 0 Å². The Hall–Kier alpha value is -1.79. The summed E-state index contributed by atoms with van der Waals surface area (Å²) in [4.78, 5) is 8.02. The topological polar surface area (TPSA) is 46.5 Å². The van der Waals surface area contributed by atoms with Crippen molar-refractivity contribution >= 4 is 5.84 Å². The Morgan fingerprint density at radius 1 is 1.39 bits per heavy atom. The molecule has 0 saturated carbocycles. The Balaban J connectivity index is 2.17. The first-order valence-electron chi connectivity index (χ1n) is 5.49. The normalized spacial score (nSPS) is 15.8. The summed E-state index contributed by atoms with van der Waals surface area (Å²) >= 11 is 0. The lowest BCUT2D eigenvalue weighted by Gasteiger charge is -2.17. The van der Waals surface area contributed by atoms with E-state index in [1.54, 1.807) is 12.1 Å². The lowest BCUT2D eigenvalue weighted by molar-refractivity contribution is -0.154. The number of aromatic nitrogens is 1. The summed E-state index contributed by atoms with van der Waals surface area (Å²) in [5.74, 6) is 0.481. The molecule has 1 aromatic heterocycles. The molecule has 2 rings (SSSR count). The number of nitrogens with zero attached hydrogens (tertiary/aromatic N) is 2. The van der Waals surface area contributed by atoms with Crippen LogP contribution in [0.4, 0.5) is 13.2 Å². The van der Waals surface area contributed by atoms with Gasteiger partial charge in [0, 0.05) is 19.3 Å². The Morgan fingerprint density at radius 3 is 2.89 bits per heavy atom. The molecule has 1 N–H and O–H groups in total. The van der Waals surface area contributed by atoms with Gasteiger partial charge >= 0.3 is 6.18 Å². The zero-order valence-electron chi connectivity index (χ0n) is 9.50. The molecule has 1 aliphatic rings. The van der Waals surface area contributed by atoms with E-state index in [1.807, 2.05) is 0 Å². The van der Waals surface area contributed by atoms with Crippen LogP contribution in [-0.2, 0) is 0 Å². The van der Waals surface area contributed by atoms with Gasteiger partial charge in [-0.2, -0.15) is 13.2 Å². The highest BCUT2D eigenvalue weighted by Crippen LogP contribution is 2.20. The van der Waals surface area contributed by atoms with Gasteiger partial charge in [0.05, 0.1) is 5.56 Å². The number of pyridine rings is 1. The zero-order chi connectivity index (χ0) is 13.0. The van der Waals surface area contributed by atoms with Gasteiger partial charge in [0.2, 0.25) is 5.88 Å². The summed E-state index contributed by atoms with van der Waals surface area (Å²) in [6, 6.07) is 3.27. The van der Waals surface area contributed by atoms with Crippen LogP contribution in [0.3, 0.4) is 0 Å². The molecule has 4 nitrogen and oxygen atoms in total. The summed E-state index contributed by atoms with van der Waals surface area (Å²) in [7, 11) is 0. The first kappa shape index (κ1) is 12.7. The van der Waals surface area contributed by atoms with Gasteiger partial charge < -0.3 is 10.1 Å². The van der Waals surface area contributed by atoms with Gasteiger partial charge in [0.15, 0.2) is 6.61 Å². The Labute approximate surface area is 102 Å². The molecule has 0 atom stereocenters. The van der Waals surface area contributed by atoms with Crippen LogP contribution in [0.2, 0.25) is 0 Å². The van der Waals surface area contributed by atoms with E-state index in [0.717, 1.165) is 13.0 Å². The minimum absolute atomic E-state index is 0.0528. The van der Waals surface area contributed by atoms with Crippen LogP contribution in [0.25, 0.3) is 0 Å². The van der Waals surface area contributed by atoms with Crippen molar-refractivity contribution in [2.24, 2.45) is 4.99 Å². The molecule has 0 radical (unpaired) electrons. The first-order chi connectivity index (χ1) is 8.56. The smallest absolute Gasteiger partial charge is 0.422 e. The average molecular weight is 259 g/mol. The van der Waals surface area contributed by atoms with Gasteiger partial charge in [-0.05, 0) is 18.6 Å². The Morgan fingerprint density at radius 2 is 2.22 bits per heavy atom. The largest absolute Gasteiger partial charge is 0.467 e. The number of aliphatic imine (C=N–C) groups is 1. The average Bonchev–Trinajstić information content (AvgIpc) is 2.37. The van der Waals surface area contributed by atoms with Gasteiger partial charge in [0.1, 0.15) is 5.84 Å². The maximum Gasteiger partial charge on any atom is 0.422 e. The Bertz CT molecular complexity index is 445. The van der Waals surface area contributed by atoms with Crippen molar-refractivity contribution in [3.05, 3.63) is 23.9 Å².